The molecule has 1 aromatic carbocycles. The predicted molar refractivity (Wildman–Crippen MR) is 89.4 cm³/mol. The van der Waals surface area contributed by atoms with Gasteiger partial charge in [-0.2, -0.15) is 4.98 Å². The van der Waals surface area contributed by atoms with Gasteiger partial charge < -0.3 is 4.74 Å². The molecule has 0 aliphatic heterocycles. The lowest BCUT2D eigenvalue weighted by atomic mass is 10.1. The zero-order chi connectivity index (χ0) is 16.8. The van der Waals surface area contributed by atoms with Gasteiger partial charge in [0, 0.05) is 11.2 Å². The molecule has 4 nitrogen and oxygen atoms in total. The molecule has 3 rings (SSSR count). The summed E-state index contributed by atoms with van der Waals surface area (Å²) < 4.78 is 19.4. The third-order valence-electron chi connectivity index (χ3n) is 3.43. The Morgan fingerprint density at radius 3 is 2.58 bits per heavy atom. The van der Waals surface area contributed by atoms with Crippen LogP contribution in [0.3, 0.4) is 0 Å². The van der Waals surface area contributed by atoms with Gasteiger partial charge in [-0.15, -0.1) is 0 Å². The highest BCUT2D eigenvalue weighted by atomic mass is 35.5. The number of hydrogen-bond acceptors (Lipinski definition) is 4. The zero-order valence-corrected chi connectivity index (χ0v) is 13.6. The maximum absolute atomic E-state index is 13.9. The highest BCUT2D eigenvalue weighted by Crippen LogP contribution is 2.14. The molecule has 6 heteroatoms. The lowest BCUT2D eigenvalue weighted by Crippen LogP contribution is -2.05. The summed E-state index contributed by atoms with van der Waals surface area (Å²) in [7, 11) is 0. The van der Waals surface area contributed by atoms with Crippen molar-refractivity contribution in [1.29, 1.82) is 0 Å². The third kappa shape index (κ3) is 4.49. The quantitative estimate of drug-likeness (QED) is 0.678. The second-order valence-corrected chi connectivity index (χ2v) is 5.62. The van der Waals surface area contributed by atoms with Gasteiger partial charge in [0.25, 0.3) is 0 Å². The highest BCUT2D eigenvalue weighted by Gasteiger charge is 2.09. The lowest BCUT2D eigenvalue weighted by Gasteiger charge is -2.07. The maximum atomic E-state index is 13.9. The summed E-state index contributed by atoms with van der Waals surface area (Å²) in [4.78, 5) is 12.2. The Morgan fingerprint density at radius 1 is 1.00 bits per heavy atom. The summed E-state index contributed by atoms with van der Waals surface area (Å²) in [6.07, 6.45) is 3.93. The standard InChI is InChI=1S/C18H15ClFN3O/c19-14-7-4-13(5-8-14)6-9-17-16(20)11-22-18(23-17)24-12-15-3-1-2-10-21-15/h1-5,7-8,10-11H,6,9,12H2. The molecule has 122 valence electrons. The number of halogens is 2. The molecular formula is C18H15ClFN3O. The van der Waals surface area contributed by atoms with Crippen LogP contribution in [-0.4, -0.2) is 15.0 Å². The van der Waals surface area contributed by atoms with E-state index in [2.05, 4.69) is 15.0 Å². The minimum absolute atomic E-state index is 0.146. The van der Waals surface area contributed by atoms with Crippen molar-refractivity contribution in [2.24, 2.45) is 0 Å². The number of benzene rings is 1. The number of nitrogens with zero attached hydrogens (tertiary/aromatic N) is 3. The summed E-state index contributed by atoms with van der Waals surface area (Å²) in [5.41, 5.74) is 2.15. The summed E-state index contributed by atoms with van der Waals surface area (Å²) in [6, 6.07) is 13.1. The van der Waals surface area contributed by atoms with Crippen molar-refractivity contribution in [3.05, 3.63) is 82.6 Å². The van der Waals surface area contributed by atoms with Crippen molar-refractivity contribution >= 4 is 11.6 Å². The molecule has 0 fully saturated rings. The summed E-state index contributed by atoms with van der Waals surface area (Å²) >= 11 is 5.86. The van der Waals surface area contributed by atoms with Crippen molar-refractivity contribution in [2.75, 3.05) is 0 Å². The molecule has 2 aromatic heterocycles. The van der Waals surface area contributed by atoms with Crippen molar-refractivity contribution in [1.82, 2.24) is 15.0 Å². The van der Waals surface area contributed by atoms with E-state index in [9.17, 15) is 4.39 Å². The smallest absolute Gasteiger partial charge is 0.317 e. The van der Waals surface area contributed by atoms with E-state index < -0.39 is 5.82 Å². The second kappa shape index (κ2) is 7.84. The molecule has 0 spiro atoms. The zero-order valence-electron chi connectivity index (χ0n) is 12.8. The molecule has 0 bridgehead atoms. The third-order valence-corrected chi connectivity index (χ3v) is 3.69. The van der Waals surface area contributed by atoms with Gasteiger partial charge in [-0.3, -0.25) is 4.98 Å². The Labute approximate surface area is 144 Å². The van der Waals surface area contributed by atoms with E-state index in [0.29, 0.717) is 23.6 Å². The van der Waals surface area contributed by atoms with Crippen LogP contribution in [0.5, 0.6) is 6.01 Å². The van der Waals surface area contributed by atoms with Gasteiger partial charge >= 0.3 is 6.01 Å². The molecule has 0 unspecified atom stereocenters. The molecule has 0 saturated carbocycles. The van der Waals surface area contributed by atoms with Gasteiger partial charge in [0.05, 0.1) is 17.6 Å². The van der Waals surface area contributed by atoms with Gasteiger partial charge in [0.15, 0.2) is 5.82 Å². The first kappa shape index (κ1) is 16.3. The molecule has 0 N–H and O–H groups in total. The van der Waals surface area contributed by atoms with Crippen molar-refractivity contribution in [2.45, 2.75) is 19.4 Å². The van der Waals surface area contributed by atoms with Crippen LogP contribution < -0.4 is 4.74 Å². The van der Waals surface area contributed by atoms with Crippen molar-refractivity contribution < 1.29 is 9.13 Å². The highest BCUT2D eigenvalue weighted by molar-refractivity contribution is 6.30. The number of hydrogen-bond donors (Lipinski definition) is 0. The molecule has 0 amide bonds. The molecule has 3 aromatic rings. The van der Waals surface area contributed by atoms with Gasteiger partial charge in [0.2, 0.25) is 0 Å². The van der Waals surface area contributed by atoms with Crippen molar-refractivity contribution in [3.8, 4) is 6.01 Å². The molecule has 0 atom stereocenters. The van der Waals surface area contributed by atoms with E-state index in [1.807, 2.05) is 42.5 Å². The average molecular weight is 344 g/mol. The van der Waals surface area contributed by atoms with E-state index in [1.165, 1.54) is 0 Å². The lowest BCUT2D eigenvalue weighted by molar-refractivity contribution is 0.273. The van der Waals surface area contributed by atoms with Gasteiger partial charge in [-0.05, 0) is 42.7 Å². The van der Waals surface area contributed by atoms with Crippen LogP contribution in [0.1, 0.15) is 17.0 Å². The number of aromatic nitrogens is 3. The Kier molecular flexibility index (Phi) is 5.33. The molecule has 24 heavy (non-hydrogen) atoms. The van der Waals surface area contributed by atoms with E-state index in [4.69, 9.17) is 16.3 Å². The van der Waals surface area contributed by atoms with E-state index in [-0.39, 0.29) is 12.6 Å². The van der Waals surface area contributed by atoms with E-state index in [1.54, 1.807) is 6.20 Å². The SMILES string of the molecule is Fc1cnc(OCc2ccccn2)nc1CCc1ccc(Cl)cc1. The fourth-order valence-electron chi connectivity index (χ4n) is 2.16. The van der Waals surface area contributed by atoms with Crippen LogP contribution in [0.25, 0.3) is 0 Å². The summed E-state index contributed by atoms with van der Waals surface area (Å²) in [6.45, 7) is 0.239. The Bertz CT molecular complexity index is 797. The summed E-state index contributed by atoms with van der Waals surface area (Å²) in [5.74, 6) is -0.436. The fraction of sp³-hybridized carbons (Fsp3) is 0.167. The molecule has 0 radical (unpaired) electrons. The first-order valence-corrected chi connectivity index (χ1v) is 7.87. The van der Waals surface area contributed by atoms with Crippen LogP contribution >= 0.6 is 11.6 Å². The Hall–Kier alpha value is -2.53. The molecular weight excluding hydrogens is 329 g/mol. The second-order valence-electron chi connectivity index (χ2n) is 5.18. The largest absolute Gasteiger partial charge is 0.457 e. The molecule has 2 heterocycles. The van der Waals surface area contributed by atoms with E-state index in [0.717, 1.165) is 17.5 Å². The molecule has 0 aliphatic carbocycles. The van der Waals surface area contributed by atoms with Crippen LogP contribution in [0.2, 0.25) is 5.02 Å². The number of rotatable bonds is 6. The van der Waals surface area contributed by atoms with Crippen LogP contribution in [0.4, 0.5) is 4.39 Å². The normalized spacial score (nSPS) is 10.6. The summed E-state index contributed by atoms with van der Waals surface area (Å²) in [5, 5.41) is 0.678. The minimum atomic E-state index is -0.436. The van der Waals surface area contributed by atoms with Crippen molar-refractivity contribution in [3.63, 3.8) is 0 Å². The number of aryl methyl sites for hydroxylation is 2. The minimum Gasteiger partial charge on any atom is -0.457 e. The van der Waals surface area contributed by atoms with Crippen LogP contribution in [0, 0.1) is 5.82 Å². The van der Waals surface area contributed by atoms with Gasteiger partial charge in [0.1, 0.15) is 6.61 Å². The number of pyridine rings is 1. The predicted octanol–water partition coefficient (Wildman–Crippen LogP) is 4.03. The van der Waals surface area contributed by atoms with Crippen LogP contribution in [-0.2, 0) is 19.4 Å². The van der Waals surface area contributed by atoms with E-state index >= 15 is 0 Å². The topological polar surface area (TPSA) is 47.9 Å². The fourth-order valence-corrected chi connectivity index (χ4v) is 2.29. The first-order valence-electron chi connectivity index (χ1n) is 7.49. The Balaban J connectivity index is 1.64. The monoisotopic (exact) mass is 343 g/mol. The first-order chi connectivity index (χ1) is 11.7. The van der Waals surface area contributed by atoms with Gasteiger partial charge in [-0.1, -0.05) is 29.8 Å². The van der Waals surface area contributed by atoms with Gasteiger partial charge in [-0.25, -0.2) is 9.37 Å². The maximum Gasteiger partial charge on any atom is 0.317 e. The average Bonchev–Trinajstić information content (AvgIpc) is 2.62. The molecule has 0 saturated heterocycles. The number of ether oxygens (including phenoxy) is 1. The molecule has 0 aliphatic rings. The van der Waals surface area contributed by atoms with Crippen LogP contribution in [0.15, 0.2) is 54.9 Å². The Morgan fingerprint density at radius 2 is 1.83 bits per heavy atom.